The Hall–Kier alpha value is -2.12. The van der Waals surface area contributed by atoms with E-state index in [1.54, 1.807) is 23.6 Å². The summed E-state index contributed by atoms with van der Waals surface area (Å²) in [4.78, 5) is 34.1. The number of fused-ring (bicyclic) bond motifs is 1. The fourth-order valence-corrected chi connectivity index (χ4v) is 5.33. The van der Waals surface area contributed by atoms with Crippen molar-refractivity contribution in [3.8, 4) is 5.69 Å². The number of thioether (sulfide) groups is 1. The number of aryl methyl sites for hydroxylation is 4. The second kappa shape index (κ2) is 7.72. The van der Waals surface area contributed by atoms with Crippen molar-refractivity contribution in [2.45, 2.75) is 45.0 Å². The fourth-order valence-electron chi connectivity index (χ4n) is 3.20. The summed E-state index contributed by atoms with van der Waals surface area (Å²) in [7, 11) is 3.47. The lowest BCUT2D eigenvalue weighted by Gasteiger charge is -2.19. The van der Waals surface area contributed by atoms with Gasteiger partial charge in [-0.05, 0) is 51.8 Å². The topological polar surface area (TPSA) is 55.2 Å². The van der Waals surface area contributed by atoms with Crippen molar-refractivity contribution < 1.29 is 4.79 Å². The highest BCUT2D eigenvalue weighted by Crippen LogP contribution is 2.32. The largest absolute Gasteiger partial charge is 0.348 e. The Kier molecular flexibility index (Phi) is 5.68. The van der Waals surface area contributed by atoms with Crippen LogP contribution in [0.3, 0.4) is 0 Å². The molecule has 1 aromatic carbocycles. The monoisotopic (exact) mass is 415 g/mol. The van der Waals surface area contributed by atoms with Gasteiger partial charge in [0.1, 0.15) is 4.83 Å². The first-order valence-corrected chi connectivity index (χ1v) is 10.8. The van der Waals surface area contributed by atoms with E-state index in [-0.39, 0.29) is 16.7 Å². The molecule has 0 aliphatic heterocycles. The molecule has 28 heavy (non-hydrogen) atoms. The standard InChI is InChI=1S/C21H25N3O2S2/c1-11-8-9-16(12(2)10-11)24-20(26)17-13(3)14(4)27-18(17)22-21(24)28-15(5)19(25)23(6)7/h8-10,15H,1-7H3/t15-/m0/s1. The Morgan fingerprint density at radius 2 is 1.89 bits per heavy atom. The Balaban J connectivity index is 2.29. The Labute approximate surface area is 173 Å². The van der Waals surface area contributed by atoms with Crippen LogP contribution in [0.4, 0.5) is 0 Å². The molecule has 0 saturated heterocycles. The zero-order valence-corrected chi connectivity index (χ0v) is 18.9. The predicted octanol–water partition coefficient (Wildman–Crippen LogP) is 4.25. The van der Waals surface area contributed by atoms with Crippen molar-refractivity contribution in [3.63, 3.8) is 0 Å². The Bertz CT molecular complexity index is 1130. The Morgan fingerprint density at radius 1 is 1.21 bits per heavy atom. The summed E-state index contributed by atoms with van der Waals surface area (Å²) in [5.74, 6) is -0.00920. The lowest BCUT2D eigenvalue weighted by atomic mass is 10.1. The van der Waals surface area contributed by atoms with Crippen LogP contribution in [-0.2, 0) is 4.79 Å². The molecule has 1 amide bonds. The van der Waals surface area contributed by atoms with E-state index < -0.39 is 0 Å². The molecule has 0 bridgehead atoms. The lowest BCUT2D eigenvalue weighted by Crippen LogP contribution is -2.31. The maximum atomic E-state index is 13.5. The van der Waals surface area contributed by atoms with Crippen molar-refractivity contribution in [1.29, 1.82) is 0 Å². The van der Waals surface area contributed by atoms with Crippen molar-refractivity contribution in [1.82, 2.24) is 14.5 Å². The van der Waals surface area contributed by atoms with Crippen LogP contribution in [-0.4, -0.2) is 39.7 Å². The second-order valence-electron chi connectivity index (χ2n) is 7.28. The average Bonchev–Trinajstić information content (AvgIpc) is 2.89. The number of carbonyl (C=O) groups excluding carboxylic acids is 1. The van der Waals surface area contributed by atoms with Gasteiger partial charge in [-0.3, -0.25) is 14.2 Å². The van der Waals surface area contributed by atoms with Crippen LogP contribution in [0.25, 0.3) is 15.9 Å². The second-order valence-corrected chi connectivity index (χ2v) is 9.79. The van der Waals surface area contributed by atoms with E-state index in [4.69, 9.17) is 4.98 Å². The number of carbonyl (C=O) groups is 1. The molecule has 0 aliphatic carbocycles. The molecule has 0 aliphatic rings. The minimum absolute atomic E-state index is 0.00920. The van der Waals surface area contributed by atoms with Crippen LogP contribution in [0.1, 0.15) is 28.5 Å². The van der Waals surface area contributed by atoms with Crippen molar-refractivity contribution in [2.75, 3.05) is 14.1 Å². The first-order chi connectivity index (χ1) is 13.1. The number of rotatable bonds is 4. The maximum Gasteiger partial charge on any atom is 0.267 e. The van der Waals surface area contributed by atoms with Gasteiger partial charge in [0.25, 0.3) is 5.56 Å². The van der Waals surface area contributed by atoms with Crippen molar-refractivity contribution in [3.05, 3.63) is 50.1 Å². The van der Waals surface area contributed by atoms with Crippen LogP contribution >= 0.6 is 23.1 Å². The van der Waals surface area contributed by atoms with Crippen LogP contribution < -0.4 is 5.56 Å². The molecule has 2 heterocycles. The highest BCUT2D eigenvalue weighted by Gasteiger charge is 2.23. The third-order valence-electron chi connectivity index (χ3n) is 4.84. The van der Waals surface area contributed by atoms with Gasteiger partial charge in [0.2, 0.25) is 5.91 Å². The van der Waals surface area contributed by atoms with Crippen LogP contribution in [0.5, 0.6) is 0 Å². The molecule has 0 unspecified atom stereocenters. The number of hydrogen-bond acceptors (Lipinski definition) is 5. The molecule has 0 fully saturated rings. The zero-order valence-electron chi connectivity index (χ0n) is 17.3. The number of amides is 1. The van der Waals surface area contributed by atoms with E-state index in [1.807, 2.05) is 46.8 Å². The van der Waals surface area contributed by atoms with Gasteiger partial charge in [0.05, 0.1) is 16.3 Å². The molecule has 7 heteroatoms. The van der Waals surface area contributed by atoms with Gasteiger partial charge in [0.15, 0.2) is 5.16 Å². The minimum Gasteiger partial charge on any atom is -0.348 e. The van der Waals surface area contributed by atoms with Gasteiger partial charge >= 0.3 is 0 Å². The molecule has 5 nitrogen and oxygen atoms in total. The van der Waals surface area contributed by atoms with Gasteiger partial charge in [-0.2, -0.15) is 0 Å². The molecule has 148 valence electrons. The SMILES string of the molecule is Cc1ccc(-n2c(S[C@@H](C)C(=O)N(C)C)nc3sc(C)c(C)c3c2=O)c(C)c1. The molecule has 1 atom stereocenters. The highest BCUT2D eigenvalue weighted by atomic mass is 32.2. The molecule has 3 rings (SSSR count). The van der Waals surface area contributed by atoms with Crippen LogP contribution in [0.15, 0.2) is 28.2 Å². The first-order valence-electron chi connectivity index (χ1n) is 9.10. The smallest absolute Gasteiger partial charge is 0.267 e. The number of aromatic nitrogens is 2. The zero-order chi connectivity index (χ0) is 20.7. The molecule has 2 aromatic heterocycles. The molecule has 3 aromatic rings. The first kappa shape index (κ1) is 20.6. The minimum atomic E-state index is -0.349. The third kappa shape index (κ3) is 3.61. The number of benzene rings is 1. The van der Waals surface area contributed by atoms with Crippen LogP contribution in [0.2, 0.25) is 0 Å². The molecular formula is C21H25N3O2S2. The molecule has 0 N–H and O–H groups in total. The summed E-state index contributed by atoms with van der Waals surface area (Å²) in [6, 6.07) is 6.00. The van der Waals surface area contributed by atoms with E-state index in [1.165, 1.54) is 23.1 Å². The summed E-state index contributed by atoms with van der Waals surface area (Å²) in [6.45, 7) is 9.84. The molecule has 0 spiro atoms. The molecular weight excluding hydrogens is 390 g/mol. The number of thiophene rings is 1. The van der Waals surface area contributed by atoms with Crippen LogP contribution in [0, 0.1) is 27.7 Å². The molecule has 0 radical (unpaired) electrons. The van der Waals surface area contributed by atoms with E-state index in [2.05, 4.69) is 6.07 Å². The van der Waals surface area contributed by atoms with E-state index in [0.29, 0.717) is 10.5 Å². The number of hydrogen-bond donors (Lipinski definition) is 0. The summed E-state index contributed by atoms with van der Waals surface area (Å²) in [6.07, 6.45) is 0. The quantitative estimate of drug-likeness (QED) is 0.472. The van der Waals surface area contributed by atoms with Gasteiger partial charge in [0, 0.05) is 19.0 Å². The third-order valence-corrected chi connectivity index (χ3v) is 6.98. The van der Waals surface area contributed by atoms with E-state index >= 15 is 0 Å². The van der Waals surface area contributed by atoms with E-state index in [0.717, 1.165) is 32.1 Å². The highest BCUT2D eigenvalue weighted by molar-refractivity contribution is 8.00. The Morgan fingerprint density at radius 3 is 2.50 bits per heavy atom. The van der Waals surface area contributed by atoms with Gasteiger partial charge in [-0.25, -0.2) is 4.98 Å². The van der Waals surface area contributed by atoms with Crippen molar-refractivity contribution in [2.24, 2.45) is 0 Å². The van der Waals surface area contributed by atoms with E-state index in [9.17, 15) is 9.59 Å². The van der Waals surface area contributed by atoms with Crippen molar-refractivity contribution >= 4 is 39.2 Å². The summed E-state index contributed by atoms with van der Waals surface area (Å²) in [5.41, 5.74) is 3.84. The average molecular weight is 416 g/mol. The van der Waals surface area contributed by atoms with Gasteiger partial charge in [-0.15, -0.1) is 11.3 Å². The lowest BCUT2D eigenvalue weighted by molar-refractivity contribution is -0.127. The maximum absolute atomic E-state index is 13.5. The fraction of sp³-hybridized carbons (Fsp3) is 0.381. The van der Waals surface area contributed by atoms with Gasteiger partial charge < -0.3 is 4.90 Å². The predicted molar refractivity (Wildman–Crippen MR) is 118 cm³/mol. The summed E-state index contributed by atoms with van der Waals surface area (Å²) in [5, 5.41) is 0.866. The van der Waals surface area contributed by atoms with Gasteiger partial charge in [-0.1, -0.05) is 29.5 Å². The number of nitrogens with zero attached hydrogens (tertiary/aromatic N) is 3. The molecule has 0 saturated carbocycles. The summed E-state index contributed by atoms with van der Waals surface area (Å²) >= 11 is 2.85. The normalized spacial score (nSPS) is 12.4. The summed E-state index contributed by atoms with van der Waals surface area (Å²) < 4.78 is 1.67.